The smallest absolute Gasteiger partial charge is 0.296 e. The molecule has 146 valence electrons. The van der Waals surface area contributed by atoms with Gasteiger partial charge in [-0.15, -0.1) is 0 Å². The maximum absolute atomic E-state index is 11.1. The number of methoxy groups -OCH3 is 1. The summed E-state index contributed by atoms with van der Waals surface area (Å²) in [4.78, 5) is 0. The molecule has 0 radical (unpaired) electrons. The van der Waals surface area contributed by atoms with E-state index in [2.05, 4.69) is 18.6 Å². The molecule has 1 saturated carbocycles. The molecule has 3 N–H and O–H groups in total. The zero-order chi connectivity index (χ0) is 19.8. The van der Waals surface area contributed by atoms with Gasteiger partial charge in [0.25, 0.3) is 10.2 Å². The first kappa shape index (κ1) is 20.0. The van der Waals surface area contributed by atoms with Crippen LogP contribution in [0, 0.1) is 11.3 Å². The van der Waals surface area contributed by atoms with Gasteiger partial charge in [-0.05, 0) is 71.6 Å². The van der Waals surface area contributed by atoms with Crippen molar-refractivity contribution in [3.63, 3.8) is 0 Å². The number of rotatable bonds is 7. The lowest BCUT2D eigenvalue weighted by molar-refractivity contribution is 0.407. The highest BCUT2D eigenvalue weighted by molar-refractivity contribution is 7.90. The lowest BCUT2D eigenvalue weighted by Gasteiger charge is -2.09. The molecule has 0 spiro atoms. The van der Waals surface area contributed by atoms with Gasteiger partial charge in [-0.2, -0.15) is 8.42 Å². The monoisotopic (exact) mass is 408 g/mol. The number of benzene rings is 2. The van der Waals surface area contributed by atoms with Crippen molar-refractivity contribution in [2.24, 2.45) is 16.5 Å². The molecular formula is C20H25ClN2O3S. The molecule has 0 aromatic heterocycles. The number of nitrogens with one attached hydrogen (secondary N) is 1. The van der Waals surface area contributed by atoms with Crippen LogP contribution in [-0.2, 0) is 16.6 Å². The molecule has 0 saturated heterocycles. The van der Waals surface area contributed by atoms with Gasteiger partial charge in [0.15, 0.2) is 0 Å². The largest absolute Gasteiger partial charge is 0.496 e. The minimum absolute atomic E-state index is 0.195. The second-order valence-corrected chi connectivity index (χ2v) is 9.40. The van der Waals surface area contributed by atoms with E-state index in [1.54, 1.807) is 19.2 Å². The van der Waals surface area contributed by atoms with Gasteiger partial charge in [0.2, 0.25) is 0 Å². The summed E-state index contributed by atoms with van der Waals surface area (Å²) in [5.41, 5.74) is 3.00. The van der Waals surface area contributed by atoms with Crippen molar-refractivity contribution in [3.8, 4) is 5.75 Å². The Bertz CT molecular complexity index is 927. The minimum Gasteiger partial charge on any atom is -0.496 e. The van der Waals surface area contributed by atoms with Gasteiger partial charge in [-0.1, -0.05) is 37.6 Å². The Hall–Kier alpha value is -1.76. The van der Waals surface area contributed by atoms with Gasteiger partial charge in [0, 0.05) is 10.7 Å². The number of hydrogen-bond donors (Lipinski definition) is 2. The molecule has 5 nitrogen and oxygen atoms in total. The fourth-order valence-electron chi connectivity index (χ4n) is 4.12. The third kappa shape index (κ3) is 4.57. The molecule has 0 amide bonds. The fourth-order valence-corrected chi connectivity index (χ4v) is 4.78. The van der Waals surface area contributed by atoms with E-state index in [-0.39, 0.29) is 5.41 Å². The highest BCUT2D eigenvalue weighted by atomic mass is 35.5. The number of hydrogen-bond acceptors (Lipinski definition) is 3. The molecule has 7 heteroatoms. The quantitative estimate of drug-likeness (QED) is 0.715. The van der Waals surface area contributed by atoms with Gasteiger partial charge in [-0.25, -0.2) is 5.14 Å². The molecule has 0 bridgehead atoms. The van der Waals surface area contributed by atoms with Crippen molar-refractivity contribution in [1.29, 1.82) is 0 Å². The predicted molar refractivity (Wildman–Crippen MR) is 110 cm³/mol. The molecule has 3 rings (SSSR count). The highest BCUT2D eigenvalue weighted by Crippen LogP contribution is 2.66. The molecule has 0 heterocycles. The molecule has 2 atom stereocenters. The van der Waals surface area contributed by atoms with Crippen LogP contribution in [0.25, 0.3) is 0 Å². The summed E-state index contributed by atoms with van der Waals surface area (Å²) >= 11 is 6.13. The average molecular weight is 409 g/mol. The molecular weight excluding hydrogens is 384 g/mol. The maximum Gasteiger partial charge on any atom is 0.296 e. The van der Waals surface area contributed by atoms with Gasteiger partial charge < -0.3 is 4.74 Å². The van der Waals surface area contributed by atoms with E-state index >= 15 is 0 Å². The molecule has 1 aliphatic carbocycles. The zero-order valence-corrected chi connectivity index (χ0v) is 17.3. The predicted octanol–water partition coefficient (Wildman–Crippen LogP) is 4.34. The third-order valence-corrected chi connectivity index (χ3v) is 6.30. The van der Waals surface area contributed by atoms with E-state index in [0.29, 0.717) is 17.5 Å². The SMILES string of the molecule is COc1ccc(Cl)cc1CC[C@H]1[C@H](c2ccc(NS(N)(=O)=O)cc2)C1(C)C. The second-order valence-electron chi connectivity index (χ2n) is 7.67. The number of aryl methyl sites for hydroxylation is 1. The third-order valence-electron chi connectivity index (χ3n) is 5.55. The van der Waals surface area contributed by atoms with E-state index in [4.69, 9.17) is 21.5 Å². The summed E-state index contributed by atoms with van der Waals surface area (Å²) in [6.07, 6.45) is 1.94. The number of halogens is 1. The lowest BCUT2D eigenvalue weighted by Crippen LogP contribution is -2.21. The average Bonchev–Trinajstić information content (AvgIpc) is 3.13. The Morgan fingerprint density at radius 3 is 2.44 bits per heavy atom. The van der Waals surface area contributed by atoms with Crippen LogP contribution in [0.15, 0.2) is 42.5 Å². The fraction of sp³-hybridized carbons (Fsp3) is 0.400. The number of nitrogens with two attached hydrogens (primary N) is 1. The number of ether oxygens (including phenoxy) is 1. The molecule has 0 aliphatic heterocycles. The summed E-state index contributed by atoms with van der Waals surface area (Å²) in [7, 11) is -2.08. The van der Waals surface area contributed by atoms with Crippen LogP contribution in [0.2, 0.25) is 5.02 Å². The van der Waals surface area contributed by atoms with Crippen LogP contribution in [0.3, 0.4) is 0 Å². The van der Waals surface area contributed by atoms with Crippen LogP contribution in [0.4, 0.5) is 5.69 Å². The maximum atomic E-state index is 11.1. The van der Waals surface area contributed by atoms with Crippen molar-refractivity contribution in [1.82, 2.24) is 0 Å². The van der Waals surface area contributed by atoms with Crippen LogP contribution in [0.5, 0.6) is 5.75 Å². The Balaban J connectivity index is 1.69. The Morgan fingerprint density at radius 1 is 1.19 bits per heavy atom. The topological polar surface area (TPSA) is 81.4 Å². The second kappa shape index (κ2) is 7.34. The van der Waals surface area contributed by atoms with E-state index in [1.165, 1.54) is 5.56 Å². The van der Waals surface area contributed by atoms with Crippen LogP contribution in [0.1, 0.15) is 37.3 Å². The van der Waals surface area contributed by atoms with Gasteiger partial charge in [-0.3, -0.25) is 4.72 Å². The Morgan fingerprint density at radius 2 is 1.85 bits per heavy atom. The molecule has 2 aromatic carbocycles. The van der Waals surface area contributed by atoms with Crippen molar-refractivity contribution >= 4 is 27.5 Å². The zero-order valence-electron chi connectivity index (χ0n) is 15.7. The first-order valence-electron chi connectivity index (χ1n) is 8.85. The lowest BCUT2D eigenvalue weighted by atomic mass is 10.0. The molecule has 0 unspecified atom stereocenters. The van der Waals surface area contributed by atoms with Gasteiger partial charge in [0.1, 0.15) is 5.75 Å². The van der Waals surface area contributed by atoms with E-state index < -0.39 is 10.2 Å². The number of anilines is 1. The van der Waals surface area contributed by atoms with Crippen molar-refractivity contribution in [2.75, 3.05) is 11.8 Å². The summed E-state index contributed by atoms with van der Waals surface area (Å²) in [6.45, 7) is 4.54. The molecule has 2 aromatic rings. The minimum atomic E-state index is -3.75. The van der Waals surface area contributed by atoms with E-state index in [9.17, 15) is 8.42 Å². The van der Waals surface area contributed by atoms with Gasteiger partial charge >= 0.3 is 0 Å². The Kier molecular flexibility index (Phi) is 5.43. The van der Waals surface area contributed by atoms with Crippen molar-refractivity contribution in [3.05, 3.63) is 58.6 Å². The first-order chi connectivity index (χ1) is 12.6. The first-order valence-corrected chi connectivity index (χ1v) is 10.8. The summed E-state index contributed by atoms with van der Waals surface area (Å²) < 4.78 is 30.0. The van der Waals surface area contributed by atoms with Crippen molar-refractivity contribution in [2.45, 2.75) is 32.6 Å². The molecule has 27 heavy (non-hydrogen) atoms. The normalized spacial score (nSPS) is 20.9. The summed E-state index contributed by atoms with van der Waals surface area (Å²) in [5.74, 6) is 1.84. The van der Waals surface area contributed by atoms with E-state index in [1.807, 2.05) is 30.3 Å². The molecule has 1 fully saturated rings. The van der Waals surface area contributed by atoms with Crippen molar-refractivity contribution < 1.29 is 13.2 Å². The van der Waals surface area contributed by atoms with Crippen LogP contribution in [-0.4, -0.2) is 15.5 Å². The summed E-state index contributed by atoms with van der Waals surface area (Å²) in [6, 6.07) is 13.2. The van der Waals surface area contributed by atoms with E-state index in [0.717, 1.165) is 29.2 Å². The van der Waals surface area contributed by atoms with Gasteiger partial charge in [0.05, 0.1) is 7.11 Å². The van der Waals surface area contributed by atoms with Crippen LogP contribution < -0.4 is 14.6 Å². The van der Waals surface area contributed by atoms with Crippen LogP contribution >= 0.6 is 11.6 Å². The standard InChI is InChI=1S/C20H25ClN2O3S/c1-20(2)17(10-6-14-12-15(21)7-11-18(14)26-3)19(20)13-4-8-16(9-5-13)23-27(22,24)25/h4-5,7-9,11-12,17,19,23H,6,10H2,1-3H3,(H2,22,24,25)/t17-,19-/m0/s1. The summed E-state index contributed by atoms with van der Waals surface area (Å²) in [5, 5.41) is 5.73. The Labute approximate surface area is 166 Å². The highest BCUT2D eigenvalue weighted by Gasteiger charge is 2.57. The molecule has 1 aliphatic rings.